The monoisotopic (exact) mass is 281 g/mol. The van der Waals surface area contributed by atoms with Crippen molar-refractivity contribution >= 4 is 29.3 Å². The summed E-state index contributed by atoms with van der Waals surface area (Å²) >= 11 is 7.27. The van der Waals surface area contributed by atoms with Gasteiger partial charge >= 0.3 is 0 Å². The van der Waals surface area contributed by atoms with Crippen LogP contribution in [0.25, 0.3) is 0 Å². The van der Waals surface area contributed by atoms with Crippen molar-refractivity contribution in [1.29, 1.82) is 0 Å². The molecule has 0 atom stereocenters. The molecule has 0 saturated carbocycles. The van der Waals surface area contributed by atoms with Crippen LogP contribution < -0.4 is 5.73 Å². The molecule has 0 aliphatic heterocycles. The largest absolute Gasteiger partial charge is 0.365 e. The van der Waals surface area contributed by atoms with Crippen LogP contribution in [0.5, 0.6) is 0 Å². The summed E-state index contributed by atoms with van der Waals surface area (Å²) in [6, 6.07) is 7.38. The third-order valence-corrected chi connectivity index (χ3v) is 3.87. The average molecular weight is 282 g/mol. The molecule has 1 aromatic heterocycles. The fourth-order valence-corrected chi connectivity index (χ4v) is 2.80. The van der Waals surface area contributed by atoms with E-state index in [1.807, 2.05) is 12.1 Å². The second kappa shape index (κ2) is 5.04. The normalized spacial score (nSPS) is 10.6. The molecule has 0 aliphatic rings. The van der Waals surface area contributed by atoms with Gasteiger partial charge in [0.05, 0.1) is 11.3 Å². The number of carbonyl (C=O) groups is 1. The van der Waals surface area contributed by atoms with E-state index in [1.165, 1.54) is 11.8 Å². The molecule has 1 heterocycles. The fraction of sp³-hybridized carbons (Fsp3) is 0.167. The summed E-state index contributed by atoms with van der Waals surface area (Å²) in [5.41, 5.74) is 6.49. The molecule has 6 heteroatoms. The molecule has 0 bridgehead atoms. The first kappa shape index (κ1) is 13.0. The second-order valence-electron chi connectivity index (χ2n) is 3.81. The molecule has 0 fully saturated rings. The Labute approximate surface area is 114 Å². The van der Waals surface area contributed by atoms with E-state index in [4.69, 9.17) is 17.3 Å². The summed E-state index contributed by atoms with van der Waals surface area (Å²) in [7, 11) is 1.79. The zero-order valence-corrected chi connectivity index (χ0v) is 11.5. The van der Waals surface area contributed by atoms with Crippen LogP contribution in [0.15, 0.2) is 34.2 Å². The summed E-state index contributed by atoms with van der Waals surface area (Å²) in [4.78, 5) is 12.4. The molecular formula is C12H12ClN3OS. The van der Waals surface area contributed by atoms with Crippen LogP contribution in [0.2, 0.25) is 5.02 Å². The van der Waals surface area contributed by atoms with Crippen molar-refractivity contribution in [3.05, 3.63) is 40.5 Å². The minimum atomic E-state index is -0.461. The van der Waals surface area contributed by atoms with E-state index in [1.54, 1.807) is 30.8 Å². The zero-order chi connectivity index (χ0) is 13.3. The third kappa shape index (κ3) is 2.52. The van der Waals surface area contributed by atoms with Crippen molar-refractivity contribution in [2.45, 2.75) is 16.8 Å². The van der Waals surface area contributed by atoms with Crippen LogP contribution in [-0.2, 0) is 7.05 Å². The number of hydrogen-bond acceptors (Lipinski definition) is 3. The number of aryl methyl sites for hydroxylation is 2. The Kier molecular flexibility index (Phi) is 3.63. The highest BCUT2D eigenvalue weighted by atomic mass is 35.5. The highest BCUT2D eigenvalue weighted by Gasteiger charge is 2.18. The molecule has 94 valence electrons. The lowest BCUT2D eigenvalue weighted by atomic mass is 10.2. The molecule has 0 saturated heterocycles. The summed E-state index contributed by atoms with van der Waals surface area (Å²) in [6.45, 7) is 1.77. The summed E-state index contributed by atoms with van der Waals surface area (Å²) < 4.78 is 1.66. The molecule has 0 unspecified atom stereocenters. The predicted molar refractivity (Wildman–Crippen MR) is 72.0 cm³/mol. The molecule has 4 nitrogen and oxygen atoms in total. The molecular weight excluding hydrogens is 270 g/mol. The van der Waals surface area contributed by atoms with Gasteiger partial charge in [-0.05, 0) is 31.2 Å². The molecule has 0 aliphatic carbocycles. The van der Waals surface area contributed by atoms with E-state index < -0.39 is 5.91 Å². The predicted octanol–water partition coefficient (Wildman–Crippen LogP) is 2.63. The maximum absolute atomic E-state index is 11.4. The minimum absolute atomic E-state index is 0.461. The average Bonchev–Trinajstić information content (AvgIpc) is 2.57. The molecule has 0 spiro atoms. The number of nitrogens with two attached hydrogens (primary N) is 1. The summed E-state index contributed by atoms with van der Waals surface area (Å²) in [5.74, 6) is -0.461. The summed E-state index contributed by atoms with van der Waals surface area (Å²) in [6.07, 6.45) is 0. The number of rotatable bonds is 3. The van der Waals surface area contributed by atoms with Crippen LogP contribution in [0, 0.1) is 6.92 Å². The van der Waals surface area contributed by atoms with Crippen LogP contribution in [0.4, 0.5) is 0 Å². The quantitative estimate of drug-likeness (QED) is 0.941. The van der Waals surface area contributed by atoms with Crippen molar-refractivity contribution in [2.24, 2.45) is 12.8 Å². The van der Waals surface area contributed by atoms with Crippen molar-refractivity contribution in [1.82, 2.24) is 9.78 Å². The van der Waals surface area contributed by atoms with Crippen molar-refractivity contribution in [3.8, 4) is 0 Å². The standard InChI is InChI=1S/C12H12ClN3OS/c1-7-10(11(14)17)12(16(2)15-7)18-9-5-3-8(13)4-6-9/h3-6H,1-2H3,(H2,14,17). The maximum Gasteiger partial charge on any atom is 0.253 e. The maximum atomic E-state index is 11.4. The minimum Gasteiger partial charge on any atom is -0.365 e. The number of amides is 1. The number of benzene rings is 1. The molecule has 1 amide bonds. The Hall–Kier alpha value is -1.46. The van der Waals surface area contributed by atoms with Gasteiger partial charge in [0.15, 0.2) is 0 Å². The lowest BCUT2D eigenvalue weighted by Crippen LogP contribution is -2.12. The van der Waals surface area contributed by atoms with Crippen LogP contribution in [0.3, 0.4) is 0 Å². The van der Waals surface area contributed by atoms with Gasteiger partial charge in [-0.25, -0.2) is 0 Å². The molecule has 0 radical (unpaired) electrons. The van der Waals surface area contributed by atoms with E-state index in [-0.39, 0.29) is 0 Å². The number of carbonyl (C=O) groups excluding carboxylic acids is 1. The van der Waals surface area contributed by atoms with Gasteiger partial charge in [0.25, 0.3) is 5.91 Å². The van der Waals surface area contributed by atoms with Crippen molar-refractivity contribution in [3.63, 3.8) is 0 Å². The second-order valence-corrected chi connectivity index (χ2v) is 5.31. The van der Waals surface area contributed by atoms with Gasteiger partial charge in [0, 0.05) is 17.0 Å². The Morgan fingerprint density at radius 1 is 1.39 bits per heavy atom. The molecule has 2 rings (SSSR count). The van der Waals surface area contributed by atoms with Gasteiger partial charge in [0.2, 0.25) is 0 Å². The van der Waals surface area contributed by atoms with Crippen LogP contribution in [-0.4, -0.2) is 15.7 Å². The van der Waals surface area contributed by atoms with E-state index >= 15 is 0 Å². The number of nitrogens with zero attached hydrogens (tertiary/aromatic N) is 2. The highest BCUT2D eigenvalue weighted by molar-refractivity contribution is 7.99. The van der Waals surface area contributed by atoms with Gasteiger partial charge in [0.1, 0.15) is 5.03 Å². The van der Waals surface area contributed by atoms with Crippen LogP contribution >= 0.6 is 23.4 Å². The zero-order valence-electron chi connectivity index (χ0n) is 9.98. The van der Waals surface area contributed by atoms with Crippen molar-refractivity contribution < 1.29 is 4.79 Å². The first-order valence-electron chi connectivity index (χ1n) is 5.26. The van der Waals surface area contributed by atoms with Crippen LogP contribution in [0.1, 0.15) is 16.1 Å². The van der Waals surface area contributed by atoms with Gasteiger partial charge in [-0.3, -0.25) is 9.48 Å². The Morgan fingerprint density at radius 3 is 2.56 bits per heavy atom. The first-order chi connectivity index (χ1) is 8.49. The third-order valence-electron chi connectivity index (χ3n) is 2.44. The van der Waals surface area contributed by atoms with E-state index in [0.29, 0.717) is 16.3 Å². The number of primary amides is 1. The Bertz CT molecular complexity index is 592. The van der Waals surface area contributed by atoms with Gasteiger partial charge in [-0.2, -0.15) is 5.10 Å². The summed E-state index contributed by atoms with van der Waals surface area (Å²) in [5, 5.41) is 5.63. The smallest absolute Gasteiger partial charge is 0.253 e. The molecule has 18 heavy (non-hydrogen) atoms. The first-order valence-corrected chi connectivity index (χ1v) is 6.45. The van der Waals surface area contributed by atoms with Crippen molar-refractivity contribution in [2.75, 3.05) is 0 Å². The molecule has 2 N–H and O–H groups in total. The Balaban J connectivity index is 2.39. The van der Waals surface area contributed by atoms with Gasteiger partial charge < -0.3 is 5.73 Å². The van der Waals surface area contributed by atoms with E-state index in [9.17, 15) is 4.79 Å². The number of halogens is 1. The number of aromatic nitrogens is 2. The van der Waals surface area contributed by atoms with Gasteiger partial charge in [-0.1, -0.05) is 23.4 Å². The molecule has 2 aromatic rings. The Morgan fingerprint density at radius 2 is 2.00 bits per heavy atom. The lowest BCUT2D eigenvalue weighted by Gasteiger charge is -2.04. The SMILES string of the molecule is Cc1nn(C)c(Sc2ccc(Cl)cc2)c1C(N)=O. The van der Waals surface area contributed by atoms with E-state index in [2.05, 4.69) is 5.10 Å². The lowest BCUT2D eigenvalue weighted by molar-refractivity contribution is 0.0996. The number of hydrogen-bond donors (Lipinski definition) is 1. The van der Waals surface area contributed by atoms with Gasteiger partial charge in [-0.15, -0.1) is 0 Å². The topological polar surface area (TPSA) is 60.9 Å². The van der Waals surface area contributed by atoms with E-state index in [0.717, 1.165) is 9.92 Å². The fourth-order valence-electron chi connectivity index (χ4n) is 1.65. The highest BCUT2D eigenvalue weighted by Crippen LogP contribution is 2.31. The molecule has 1 aromatic carbocycles.